The minimum absolute atomic E-state index is 0.164. The van der Waals surface area contributed by atoms with Gasteiger partial charge in [0.1, 0.15) is 11.9 Å². The number of benzene rings is 3. The van der Waals surface area contributed by atoms with Gasteiger partial charge < -0.3 is 10.1 Å². The number of nitrogens with one attached hydrogen (secondary N) is 1. The molecular formula is C21H13F5N2O2. The molecule has 0 spiro atoms. The van der Waals surface area contributed by atoms with Gasteiger partial charge in [0.05, 0.1) is 18.2 Å². The van der Waals surface area contributed by atoms with E-state index in [9.17, 15) is 26.7 Å². The van der Waals surface area contributed by atoms with Crippen LogP contribution in [-0.4, -0.2) is 13.0 Å². The number of hydrogen-bond acceptors (Lipinski definition) is 3. The lowest BCUT2D eigenvalue weighted by Crippen LogP contribution is -2.44. The molecule has 0 aromatic heterocycles. The van der Waals surface area contributed by atoms with Crippen LogP contribution in [0, 0.1) is 29.1 Å². The van der Waals surface area contributed by atoms with E-state index in [0.717, 1.165) is 4.90 Å². The molecule has 0 unspecified atom stereocenters. The van der Waals surface area contributed by atoms with Gasteiger partial charge in [-0.2, -0.15) is 0 Å². The molecule has 0 radical (unpaired) electrons. The van der Waals surface area contributed by atoms with Crippen molar-refractivity contribution in [2.75, 3.05) is 17.3 Å². The number of rotatable bonds is 3. The first kappa shape index (κ1) is 19.7. The SMILES string of the molecule is COc1ccc(N2C(=O)c3ccccc3N[C@@H]2c2c(F)c(F)c(F)c(F)c2F)cc1. The van der Waals surface area contributed by atoms with Gasteiger partial charge in [0.25, 0.3) is 5.91 Å². The molecule has 1 amide bonds. The molecule has 0 saturated heterocycles. The molecule has 3 aromatic rings. The molecule has 30 heavy (non-hydrogen) atoms. The van der Waals surface area contributed by atoms with Gasteiger partial charge in [-0.1, -0.05) is 12.1 Å². The third kappa shape index (κ3) is 2.94. The van der Waals surface area contributed by atoms with Gasteiger partial charge in [-0.05, 0) is 36.4 Å². The highest BCUT2D eigenvalue weighted by Gasteiger charge is 2.40. The van der Waals surface area contributed by atoms with E-state index in [-0.39, 0.29) is 16.9 Å². The lowest BCUT2D eigenvalue weighted by molar-refractivity contribution is 0.0973. The van der Waals surface area contributed by atoms with Crippen LogP contribution in [0.5, 0.6) is 5.75 Å². The summed E-state index contributed by atoms with van der Waals surface area (Å²) < 4.78 is 75.5. The zero-order chi connectivity index (χ0) is 21.6. The zero-order valence-corrected chi connectivity index (χ0v) is 15.3. The van der Waals surface area contributed by atoms with Crippen molar-refractivity contribution in [3.05, 3.63) is 88.7 Å². The number of carbonyl (C=O) groups is 1. The zero-order valence-electron chi connectivity index (χ0n) is 15.3. The molecule has 0 aliphatic carbocycles. The first-order valence-corrected chi connectivity index (χ1v) is 8.69. The molecule has 154 valence electrons. The fourth-order valence-corrected chi connectivity index (χ4v) is 3.33. The van der Waals surface area contributed by atoms with Crippen LogP contribution in [0.15, 0.2) is 48.5 Å². The number of anilines is 2. The maximum Gasteiger partial charge on any atom is 0.262 e. The van der Waals surface area contributed by atoms with E-state index >= 15 is 0 Å². The highest BCUT2D eigenvalue weighted by molar-refractivity contribution is 6.12. The van der Waals surface area contributed by atoms with Crippen molar-refractivity contribution < 1.29 is 31.5 Å². The van der Waals surface area contributed by atoms with Gasteiger partial charge in [-0.15, -0.1) is 0 Å². The Kier molecular flexibility index (Phi) is 4.81. The Morgan fingerprint density at radius 3 is 2.00 bits per heavy atom. The highest BCUT2D eigenvalue weighted by Crippen LogP contribution is 2.40. The molecule has 3 aromatic carbocycles. The van der Waals surface area contributed by atoms with E-state index in [1.165, 1.54) is 43.5 Å². The Labute approximate surface area is 167 Å². The van der Waals surface area contributed by atoms with E-state index in [1.807, 2.05) is 0 Å². The number of fused-ring (bicyclic) bond motifs is 1. The van der Waals surface area contributed by atoms with Crippen LogP contribution in [0.1, 0.15) is 22.1 Å². The molecule has 1 atom stereocenters. The Bertz CT molecular complexity index is 1120. The second-order valence-corrected chi connectivity index (χ2v) is 6.45. The highest BCUT2D eigenvalue weighted by atomic mass is 19.2. The summed E-state index contributed by atoms with van der Waals surface area (Å²) in [6.45, 7) is 0. The summed E-state index contributed by atoms with van der Waals surface area (Å²) in [5.41, 5.74) is -0.628. The second kappa shape index (κ2) is 7.33. The average Bonchev–Trinajstić information content (AvgIpc) is 2.77. The van der Waals surface area contributed by atoms with Crippen LogP contribution in [-0.2, 0) is 0 Å². The molecule has 4 rings (SSSR count). The molecular weight excluding hydrogens is 407 g/mol. The van der Waals surface area contributed by atoms with Crippen LogP contribution in [0.25, 0.3) is 0 Å². The lowest BCUT2D eigenvalue weighted by atomic mass is 10.0. The maximum absolute atomic E-state index is 14.6. The normalized spacial score (nSPS) is 15.6. The summed E-state index contributed by atoms with van der Waals surface area (Å²) >= 11 is 0. The summed E-state index contributed by atoms with van der Waals surface area (Å²) in [6, 6.07) is 12.0. The third-order valence-electron chi connectivity index (χ3n) is 4.79. The van der Waals surface area contributed by atoms with E-state index in [1.54, 1.807) is 12.1 Å². The maximum atomic E-state index is 14.6. The molecule has 0 saturated carbocycles. The van der Waals surface area contributed by atoms with Gasteiger partial charge in [-0.3, -0.25) is 9.69 Å². The summed E-state index contributed by atoms with van der Waals surface area (Å²) in [4.78, 5) is 14.1. The van der Waals surface area contributed by atoms with Crippen molar-refractivity contribution in [2.45, 2.75) is 6.17 Å². The van der Waals surface area contributed by atoms with Crippen molar-refractivity contribution in [3.63, 3.8) is 0 Å². The van der Waals surface area contributed by atoms with E-state index in [4.69, 9.17) is 4.74 Å². The molecule has 4 nitrogen and oxygen atoms in total. The summed E-state index contributed by atoms with van der Waals surface area (Å²) in [6.07, 6.45) is -1.69. The lowest BCUT2D eigenvalue weighted by Gasteiger charge is -2.38. The Balaban J connectivity index is 1.95. The fraction of sp³-hybridized carbons (Fsp3) is 0.0952. The number of halogens is 5. The summed E-state index contributed by atoms with van der Waals surface area (Å²) in [5, 5.41) is 2.71. The van der Waals surface area contributed by atoms with Gasteiger partial charge in [0.2, 0.25) is 5.82 Å². The summed E-state index contributed by atoms with van der Waals surface area (Å²) in [7, 11) is 1.43. The van der Waals surface area contributed by atoms with Crippen molar-refractivity contribution in [1.82, 2.24) is 0 Å². The van der Waals surface area contributed by atoms with Crippen LogP contribution >= 0.6 is 0 Å². The smallest absolute Gasteiger partial charge is 0.262 e. The number of ether oxygens (including phenoxy) is 1. The van der Waals surface area contributed by atoms with Crippen LogP contribution in [0.4, 0.5) is 33.3 Å². The number of nitrogens with zero attached hydrogens (tertiary/aromatic N) is 1. The molecule has 1 N–H and O–H groups in total. The standard InChI is InChI=1S/C21H13F5N2O2/c1-30-11-8-6-10(7-9-11)28-20(27-13-5-3-2-4-12(13)21(28)29)14-15(22)17(24)19(26)18(25)16(14)23/h2-9,20,27H,1H3/t20-/m0/s1. The van der Waals surface area contributed by atoms with Gasteiger partial charge >= 0.3 is 0 Å². The molecule has 0 fully saturated rings. The van der Waals surface area contributed by atoms with Gasteiger partial charge in [-0.25, -0.2) is 22.0 Å². The Morgan fingerprint density at radius 1 is 0.833 bits per heavy atom. The summed E-state index contributed by atoms with van der Waals surface area (Å²) in [5.74, 6) is -10.7. The first-order valence-electron chi connectivity index (χ1n) is 8.69. The second-order valence-electron chi connectivity index (χ2n) is 6.45. The molecule has 9 heteroatoms. The monoisotopic (exact) mass is 420 g/mol. The Hall–Kier alpha value is -3.62. The number of hydrogen-bond donors (Lipinski definition) is 1. The number of methoxy groups -OCH3 is 1. The van der Waals surface area contributed by atoms with E-state index in [2.05, 4.69) is 5.32 Å². The third-order valence-corrected chi connectivity index (χ3v) is 4.79. The van der Waals surface area contributed by atoms with Crippen molar-refractivity contribution >= 4 is 17.3 Å². The van der Waals surface area contributed by atoms with Crippen molar-refractivity contribution in [2.24, 2.45) is 0 Å². The fourth-order valence-electron chi connectivity index (χ4n) is 3.33. The van der Waals surface area contributed by atoms with Crippen molar-refractivity contribution in [3.8, 4) is 5.75 Å². The molecule has 0 bridgehead atoms. The molecule has 1 heterocycles. The van der Waals surface area contributed by atoms with E-state index in [0.29, 0.717) is 5.75 Å². The average molecular weight is 420 g/mol. The molecule has 1 aliphatic rings. The van der Waals surface area contributed by atoms with Gasteiger partial charge in [0, 0.05) is 11.4 Å². The minimum Gasteiger partial charge on any atom is -0.497 e. The van der Waals surface area contributed by atoms with E-state index < -0.39 is 46.7 Å². The predicted octanol–water partition coefficient (Wildman–Crippen LogP) is 5.16. The van der Waals surface area contributed by atoms with Crippen LogP contribution in [0.2, 0.25) is 0 Å². The largest absolute Gasteiger partial charge is 0.497 e. The predicted molar refractivity (Wildman–Crippen MR) is 98.8 cm³/mol. The molecule has 1 aliphatic heterocycles. The van der Waals surface area contributed by atoms with Crippen LogP contribution in [0.3, 0.4) is 0 Å². The number of para-hydroxylation sites is 1. The van der Waals surface area contributed by atoms with Crippen LogP contribution < -0.4 is 15.0 Å². The quantitative estimate of drug-likeness (QED) is 0.362. The van der Waals surface area contributed by atoms with Gasteiger partial charge in [0.15, 0.2) is 23.3 Å². The minimum atomic E-state index is -2.27. The topological polar surface area (TPSA) is 41.6 Å². The Morgan fingerprint density at radius 2 is 1.40 bits per heavy atom. The first-order chi connectivity index (χ1) is 14.3. The number of carbonyl (C=O) groups excluding carboxylic acids is 1. The number of amides is 1. The van der Waals surface area contributed by atoms with Crippen molar-refractivity contribution in [1.29, 1.82) is 0 Å².